The molecule has 0 aliphatic carbocycles. The van der Waals surface area contributed by atoms with Crippen molar-refractivity contribution in [3.8, 4) is 0 Å². The van der Waals surface area contributed by atoms with Crippen molar-refractivity contribution in [3.05, 3.63) is 23.7 Å². The van der Waals surface area contributed by atoms with Gasteiger partial charge in [0.25, 0.3) is 0 Å². The number of hydrogen-bond donors (Lipinski definition) is 2. The van der Waals surface area contributed by atoms with Gasteiger partial charge in [0.1, 0.15) is 18.1 Å². The smallest absolute Gasteiger partial charge is 0.129 e. The Morgan fingerprint density at radius 1 is 1.31 bits per heavy atom. The Labute approximate surface area is 95.6 Å². The SMILES string of the molecule is OCc1ccc(CNCC2CCCCO2)o1. The topological polar surface area (TPSA) is 54.6 Å². The van der Waals surface area contributed by atoms with Crippen LogP contribution in [0.15, 0.2) is 16.5 Å². The van der Waals surface area contributed by atoms with Crippen LogP contribution in [0.25, 0.3) is 0 Å². The van der Waals surface area contributed by atoms with Crippen molar-refractivity contribution in [2.45, 2.75) is 38.5 Å². The number of hydrogen-bond acceptors (Lipinski definition) is 4. The zero-order chi connectivity index (χ0) is 11.2. The van der Waals surface area contributed by atoms with Gasteiger partial charge in [-0.05, 0) is 31.4 Å². The normalized spacial score (nSPS) is 21.2. The fraction of sp³-hybridized carbons (Fsp3) is 0.667. The lowest BCUT2D eigenvalue weighted by atomic mass is 10.1. The van der Waals surface area contributed by atoms with Gasteiger partial charge in [0, 0.05) is 13.2 Å². The quantitative estimate of drug-likeness (QED) is 0.796. The Bertz CT molecular complexity index is 305. The Hall–Kier alpha value is -0.840. The molecule has 0 amide bonds. The van der Waals surface area contributed by atoms with E-state index in [0.29, 0.717) is 18.4 Å². The number of furan rings is 1. The minimum absolute atomic E-state index is 0.0360. The molecule has 2 N–H and O–H groups in total. The molecule has 1 aromatic heterocycles. The predicted molar refractivity (Wildman–Crippen MR) is 59.9 cm³/mol. The highest BCUT2D eigenvalue weighted by atomic mass is 16.5. The summed E-state index contributed by atoms with van der Waals surface area (Å²) in [6.07, 6.45) is 3.95. The highest BCUT2D eigenvalue weighted by Gasteiger charge is 2.13. The molecule has 90 valence electrons. The average Bonchev–Trinajstić information content (AvgIpc) is 2.78. The maximum Gasteiger partial charge on any atom is 0.129 e. The molecule has 1 aliphatic rings. The fourth-order valence-electron chi connectivity index (χ4n) is 1.93. The van der Waals surface area contributed by atoms with Gasteiger partial charge in [0.15, 0.2) is 0 Å². The van der Waals surface area contributed by atoms with Crippen molar-refractivity contribution >= 4 is 0 Å². The first-order valence-corrected chi connectivity index (χ1v) is 5.89. The largest absolute Gasteiger partial charge is 0.462 e. The summed E-state index contributed by atoms with van der Waals surface area (Å²) in [6.45, 7) is 2.42. The fourth-order valence-corrected chi connectivity index (χ4v) is 1.93. The number of ether oxygens (including phenoxy) is 1. The van der Waals surface area contributed by atoms with Gasteiger partial charge >= 0.3 is 0 Å². The summed E-state index contributed by atoms with van der Waals surface area (Å²) in [7, 11) is 0. The van der Waals surface area contributed by atoms with Gasteiger partial charge in [-0.25, -0.2) is 0 Å². The second-order valence-electron chi connectivity index (χ2n) is 4.15. The van der Waals surface area contributed by atoms with E-state index in [9.17, 15) is 0 Å². The second kappa shape index (κ2) is 6.03. The maximum absolute atomic E-state index is 8.85. The summed E-state index contributed by atoms with van der Waals surface area (Å²) in [4.78, 5) is 0. The van der Waals surface area contributed by atoms with Gasteiger partial charge in [0.2, 0.25) is 0 Å². The van der Waals surface area contributed by atoms with Gasteiger partial charge in [-0.2, -0.15) is 0 Å². The van der Waals surface area contributed by atoms with Gasteiger partial charge in [-0.3, -0.25) is 0 Å². The van der Waals surface area contributed by atoms with Gasteiger partial charge in [-0.1, -0.05) is 0 Å². The van der Waals surface area contributed by atoms with E-state index < -0.39 is 0 Å². The minimum Gasteiger partial charge on any atom is -0.462 e. The molecule has 0 radical (unpaired) electrons. The van der Waals surface area contributed by atoms with E-state index in [1.54, 1.807) is 6.07 Å². The molecule has 1 aliphatic heterocycles. The highest BCUT2D eigenvalue weighted by Crippen LogP contribution is 2.12. The molecule has 4 nitrogen and oxygen atoms in total. The molecule has 0 spiro atoms. The van der Waals surface area contributed by atoms with Crippen molar-refractivity contribution in [2.24, 2.45) is 0 Å². The molecule has 16 heavy (non-hydrogen) atoms. The van der Waals surface area contributed by atoms with Gasteiger partial charge in [-0.15, -0.1) is 0 Å². The Morgan fingerprint density at radius 2 is 2.19 bits per heavy atom. The van der Waals surface area contributed by atoms with Crippen LogP contribution in [0, 0.1) is 0 Å². The van der Waals surface area contributed by atoms with Crippen molar-refractivity contribution in [1.29, 1.82) is 0 Å². The molecule has 0 aromatic carbocycles. The molecule has 1 unspecified atom stereocenters. The molecule has 1 aromatic rings. The summed E-state index contributed by atoms with van der Waals surface area (Å²) >= 11 is 0. The molecule has 1 fully saturated rings. The Morgan fingerprint density at radius 3 is 2.88 bits per heavy atom. The molecular weight excluding hydrogens is 206 g/mol. The first-order chi connectivity index (χ1) is 7.88. The Kier molecular flexibility index (Phi) is 4.39. The maximum atomic E-state index is 8.85. The van der Waals surface area contributed by atoms with E-state index in [-0.39, 0.29) is 6.61 Å². The van der Waals surface area contributed by atoms with Crippen LogP contribution in [0.4, 0.5) is 0 Å². The van der Waals surface area contributed by atoms with E-state index >= 15 is 0 Å². The minimum atomic E-state index is -0.0360. The van der Waals surface area contributed by atoms with E-state index in [0.717, 1.165) is 25.3 Å². The van der Waals surface area contributed by atoms with Crippen LogP contribution in [0.5, 0.6) is 0 Å². The monoisotopic (exact) mass is 225 g/mol. The lowest BCUT2D eigenvalue weighted by Gasteiger charge is -2.22. The zero-order valence-corrected chi connectivity index (χ0v) is 9.45. The summed E-state index contributed by atoms with van der Waals surface area (Å²) in [5.41, 5.74) is 0. The van der Waals surface area contributed by atoms with Crippen molar-refractivity contribution in [2.75, 3.05) is 13.2 Å². The van der Waals surface area contributed by atoms with Crippen molar-refractivity contribution in [1.82, 2.24) is 5.32 Å². The number of nitrogens with one attached hydrogen (secondary N) is 1. The van der Waals surface area contributed by atoms with Crippen LogP contribution >= 0.6 is 0 Å². The molecule has 1 saturated heterocycles. The molecule has 0 bridgehead atoms. The molecular formula is C12H19NO3. The summed E-state index contributed by atoms with van der Waals surface area (Å²) in [5.74, 6) is 1.48. The van der Waals surface area contributed by atoms with Crippen LogP contribution in [-0.4, -0.2) is 24.4 Å². The molecule has 4 heteroatoms. The molecule has 2 rings (SSSR count). The standard InChI is InChI=1S/C12H19NO3/c14-9-12-5-4-11(16-12)8-13-7-10-3-1-2-6-15-10/h4-5,10,13-14H,1-3,6-9H2. The summed E-state index contributed by atoms with van der Waals surface area (Å²) < 4.78 is 11.0. The third kappa shape index (κ3) is 3.33. The number of aliphatic hydroxyl groups is 1. The van der Waals surface area contributed by atoms with Crippen LogP contribution in [-0.2, 0) is 17.9 Å². The van der Waals surface area contributed by atoms with E-state index in [2.05, 4.69) is 5.32 Å². The first-order valence-electron chi connectivity index (χ1n) is 5.89. The number of aliphatic hydroxyl groups excluding tert-OH is 1. The lowest BCUT2D eigenvalue weighted by Crippen LogP contribution is -2.31. The Balaban J connectivity index is 1.66. The van der Waals surface area contributed by atoms with Crippen molar-refractivity contribution in [3.63, 3.8) is 0 Å². The predicted octanol–water partition coefficient (Wildman–Crippen LogP) is 1.43. The molecule has 2 heterocycles. The third-order valence-corrected chi connectivity index (χ3v) is 2.82. The summed E-state index contributed by atoms with van der Waals surface area (Å²) in [5, 5.41) is 12.2. The lowest BCUT2D eigenvalue weighted by molar-refractivity contribution is 0.0165. The molecule has 0 saturated carbocycles. The first kappa shape index (κ1) is 11.6. The van der Waals surface area contributed by atoms with Crippen LogP contribution < -0.4 is 5.32 Å². The summed E-state index contributed by atoms with van der Waals surface area (Å²) in [6, 6.07) is 3.69. The van der Waals surface area contributed by atoms with E-state index in [4.69, 9.17) is 14.3 Å². The van der Waals surface area contributed by atoms with Gasteiger partial charge in [0.05, 0.1) is 12.6 Å². The zero-order valence-electron chi connectivity index (χ0n) is 9.45. The van der Waals surface area contributed by atoms with Gasteiger partial charge < -0.3 is 19.6 Å². The van der Waals surface area contributed by atoms with E-state index in [1.165, 1.54) is 12.8 Å². The van der Waals surface area contributed by atoms with Crippen LogP contribution in [0.3, 0.4) is 0 Å². The molecule has 1 atom stereocenters. The second-order valence-corrected chi connectivity index (χ2v) is 4.15. The van der Waals surface area contributed by atoms with Crippen molar-refractivity contribution < 1.29 is 14.3 Å². The van der Waals surface area contributed by atoms with Crippen LogP contribution in [0.1, 0.15) is 30.8 Å². The number of rotatable bonds is 5. The van der Waals surface area contributed by atoms with Crippen LogP contribution in [0.2, 0.25) is 0 Å². The average molecular weight is 225 g/mol. The third-order valence-electron chi connectivity index (χ3n) is 2.82. The highest BCUT2D eigenvalue weighted by molar-refractivity contribution is 5.06. The van der Waals surface area contributed by atoms with E-state index in [1.807, 2.05) is 6.07 Å².